The lowest BCUT2D eigenvalue weighted by molar-refractivity contribution is -0.142. The van der Waals surface area contributed by atoms with Crippen molar-refractivity contribution in [3.05, 3.63) is 24.3 Å². The van der Waals surface area contributed by atoms with Gasteiger partial charge in [0.2, 0.25) is 0 Å². The van der Waals surface area contributed by atoms with Crippen LogP contribution in [0.4, 0.5) is 5.69 Å². The summed E-state index contributed by atoms with van der Waals surface area (Å²) >= 11 is 0. The monoisotopic (exact) mass is 251 g/mol. The van der Waals surface area contributed by atoms with Gasteiger partial charge in [0.25, 0.3) is 5.91 Å². The molecule has 1 unspecified atom stereocenters. The molecule has 1 aromatic rings. The molecule has 0 radical (unpaired) electrons. The highest BCUT2D eigenvalue weighted by Crippen LogP contribution is 2.34. The van der Waals surface area contributed by atoms with Gasteiger partial charge in [0.05, 0.1) is 18.7 Å². The van der Waals surface area contributed by atoms with Gasteiger partial charge in [-0.25, -0.2) is 0 Å². The average molecular weight is 251 g/mol. The van der Waals surface area contributed by atoms with Crippen LogP contribution in [-0.4, -0.2) is 41.3 Å². The van der Waals surface area contributed by atoms with Gasteiger partial charge in [-0.1, -0.05) is 12.1 Å². The lowest BCUT2D eigenvalue weighted by Crippen LogP contribution is -2.47. The number of anilines is 1. The molecule has 2 N–H and O–H groups in total. The first-order chi connectivity index (χ1) is 8.63. The highest BCUT2D eigenvalue weighted by atomic mass is 16.5. The van der Waals surface area contributed by atoms with Crippen LogP contribution in [0, 0.1) is 0 Å². The minimum Gasteiger partial charge on any atom is -0.481 e. The third kappa shape index (κ3) is 2.28. The van der Waals surface area contributed by atoms with Crippen LogP contribution in [0.1, 0.15) is 6.42 Å². The molecule has 0 bridgehead atoms. The summed E-state index contributed by atoms with van der Waals surface area (Å²) in [4.78, 5) is 24.1. The lowest BCUT2D eigenvalue weighted by atomic mass is 10.1. The third-order valence-corrected chi connectivity index (χ3v) is 2.65. The molecule has 0 aliphatic carbocycles. The fourth-order valence-electron chi connectivity index (χ4n) is 1.89. The number of carbonyl (C=O) groups is 2. The number of para-hydroxylation sites is 2. The van der Waals surface area contributed by atoms with Crippen molar-refractivity contribution < 1.29 is 24.5 Å². The summed E-state index contributed by atoms with van der Waals surface area (Å²) in [5.41, 5.74) is 0.554. The second kappa shape index (κ2) is 5.05. The van der Waals surface area contributed by atoms with Crippen molar-refractivity contribution in [2.45, 2.75) is 12.5 Å². The summed E-state index contributed by atoms with van der Waals surface area (Å²) in [6, 6.07) is 6.85. The predicted octanol–water partition coefficient (Wildman–Crippen LogP) is 0.248. The van der Waals surface area contributed by atoms with E-state index in [1.165, 1.54) is 4.90 Å². The minimum absolute atomic E-state index is 0.120. The number of ether oxygens (including phenoxy) is 1. The van der Waals surface area contributed by atoms with E-state index in [1.54, 1.807) is 24.3 Å². The van der Waals surface area contributed by atoms with Gasteiger partial charge in [0.1, 0.15) is 5.75 Å². The van der Waals surface area contributed by atoms with E-state index in [2.05, 4.69) is 0 Å². The normalized spacial score (nSPS) is 18.2. The SMILES string of the molecule is O=C(O)CC1Oc2ccccc2N(CCO)C1=O. The Kier molecular flexibility index (Phi) is 3.47. The minimum atomic E-state index is -1.10. The maximum absolute atomic E-state index is 12.0. The van der Waals surface area contributed by atoms with Gasteiger partial charge in [-0.3, -0.25) is 9.59 Å². The Morgan fingerprint density at radius 3 is 2.78 bits per heavy atom. The van der Waals surface area contributed by atoms with Gasteiger partial charge in [-0.05, 0) is 12.1 Å². The molecule has 96 valence electrons. The van der Waals surface area contributed by atoms with Crippen LogP contribution in [0.2, 0.25) is 0 Å². The largest absolute Gasteiger partial charge is 0.481 e. The van der Waals surface area contributed by atoms with Crippen LogP contribution < -0.4 is 9.64 Å². The fraction of sp³-hybridized carbons (Fsp3) is 0.333. The van der Waals surface area contributed by atoms with E-state index >= 15 is 0 Å². The van der Waals surface area contributed by atoms with Crippen LogP contribution in [0.15, 0.2) is 24.3 Å². The van der Waals surface area contributed by atoms with Crippen molar-refractivity contribution >= 4 is 17.6 Å². The van der Waals surface area contributed by atoms with Gasteiger partial charge in [0.15, 0.2) is 6.10 Å². The number of rotatable bonds is 4. The number of carboxylic acids is 1. The van der Waals surface area contributed by atoms with E-state index in [0.717, 1.165) is 0 Å². The van der Waals surface area contributed by atoms with Gasteiger partial charge in [0, 0.05) is 6.54 Å². The maximum atomic E-state index is 12.0. The number of aliphatic hydroxyl groups excluding tert-OH is 1. The van der Waals surface area contributed by atoms with Gasteiger partial charge in [-0.2, -0.15) is 0 Å². The number of hydrogen-bond acceptors (Lipinski definition) is 4. The van der Waals surface area contributed by atoms with Crippen LogP contribution in [0.5, 0.6) is 5.75 Å². The van der Waals surface area contributed by atoms with E-state index in [0.29, 0.717) is 11.4 Å². The molecule has 6 nitrogen and oxygen atoms in total. The van der Waals surface area contributed by atoms with Crippen LogP contribution in [-0.2, 0) is 9.59 Å². The van der Waals surface area contributed by atoms with Crippen molar-refractivity contribution in [1.82, 2.24) is 0 Å². The molecule has 1 aliphatic rings. The standard InChI is InChI=1S/C12H13NO5/c14-6-5-13-8-3-1-2-4-9(8)18-10(12(13)17)7-11(15)16/h1-4,10,14H,5-7H2,(H,15,16). The Hall–Kier alpha value is -2.08. The molecule has 1 aromatic carbocycles. The smallest absolute Gasteiger partial charge is 0.307 e. The number of benzene rings is 1. The van der Waals surface area contributed by atoms with E-state index < -0.39 is 24.4 Å². The second-order valence-electron chi connectivity index (χ2n) is 3.89. The molecule has 1 atom stereocenters. The Balaban J connectivity index is 2.33. The molecule has 0 fully saturated rings. The number of carbonyl (C=O) groups excluding carboxylic acids is 1. The molecule has 2 rings (SSSR count). The summed E-state index contributed by atoms with van der Waals surface area (Å²) < 4.78 is 5.38. The summed E-state index contributed by atoms with van der Waals surface area (Å²) in [6.07, 6.45) is -1.43. The Labute approximate surface area is 103 Å². The highest BCUT2D eigenvalue weighted by Gasteiger charge is 2.35. The van der Waals surface area contributed by atoms with E-state index in [-0.39, 0.29) is 13.2 Å². The van der Waals surface area contributed by atoms with Gasteiger partial charge >= 0.3 is 5.97 Å². The summed E-state index contributed by atoms with van der Waals surface area (Å²) in [5.74, 6) is -1.08. The van der Waals surface area contributed by atoms with E-state index in [1.807, 2.05) is 0 Å². The molecule has 0 spiro atoms. The number of hydrogen-bond donors (Lipinski definition) is 2. The number of β-amino-alcohol motifs (C(OH)–C–C–N with tert-alkyl or cyclic N) is 1. The first-order valence-corrected chi connectivity index (χ1v) is 5.53. The Morgan fingerprint density at radius 2 is 2.11 bits per heavy atom. The summed E-state index contributed by atoms with van der Waals surface area (Å²) in [5, 5.41) is 17.7. The number of amides is 1. The molecule has 0 saturated carbocycles. The molecule has 0 aromatic heterocycles. The number of aliphatic carboxylic acids is 1. The van der Waals surface area contributed by atoms with Crippen molar-refractivity contribution in [3.63, 3.8) is 0 Å². The lowest BCUT2D eigenvalue weighted by Gasteiger charge is -2.33. The molecule has 0 saturated heterocycles. The van der Waals surface area contributed by atoms with Gasteiger partial charge < -0.3 is 19.8 Å². The zero-order chi connectivity index (χ0) is 13.1. The number of aliphatic hydroxyl groups is 1. The zero-order valence-corrected chi connectivity index (χ0v) is 9.57. The second-order valence-corrected chi connectivity index (χ2v) is 3.89. The molecular weight excluding hydrogens is 238 g/mol. The fourth-order valence-corrected chi connectivity index (χ4v) is 1.89. The molecule has 1 aliphatic heterocycles. The average Bonchev–Trinajstić information content (AvgIpc) is 2.34. The Bertz CT molecular complexity index is 473. The number of nitrogens with zero attached hydrogens (tertiary/aromatic N) is 1. The molecular formula is C12H13NO5. The molecule has 1 heterocycles. The summed E-state index contributed by atoms with van der Waals surface area (Å²) in [7, 11) is 0. The third-order valence-electron chi connectivity index (χ3n) is 2.65. The van der Waals surface area contributed by atoms with Crippen LogP contribution in [0.3, 0.4) is 0 Å². The quantitative estimate of drug-likeness (QED) is 0.800. The maximum Gasteiger partial charge on any atom is 0.307 e. The van der Waals surface area contributed by atoms with E-state index in [9.17, 15) is 9.59 Å². The number of carboxylic acid groups (broad SMARTS) is 1. The predicted molar refractivity (Wildman–Crippen MR) is 62.5 cm³/mol. The molecule has 18 heavy (non-hydrogen) atoms. The Morgan fingerprint density at radius 1 is 1.39 bits per heavy atom. The van der Waals surface area contributed by atoms with E-state index in [4.69, 9.17) is 14.9 Å². The highest BCUT2D eigenvalue weighted by molar-refractivity contribution is 6.01. The molecule has 6 heteroatoms. The van der Waals surface area contributed by atoms with Crippen molar-refractivity contribution in [2.75, 3.05) is 18.1 Å². The topological polar surface area (TPSA) is 87.1 Å². The van der Waals surface area contributed by atoms with Crippen LogP contribution in [0.25, 0.3) is 0 Å². The van der Waals surface area contributed by atoms with Crippen molar-refractivity contribution in [1.29, 1.82) is 0 Å². The first kappa shape index (κ1) is 12.4. The van der Waals surface area contributed by atoms with Crippen LogP contribution >= 0.6 is 0 Å². The first-order valence-electron chi connectivity index (χ1n) is 5.53. The molecule has 1 amide bonds. The summed E-state index contributed by atoms with van der Waals surface area (Å²) in [6.45, 7) is -0.0742. The number of fused-ring (bicyclic) bond motifs is 1. The van der Waals surface area contributed by atoms with Crippen molar-refractivity contribution in [3.8, 4) is 5.75 Å². The zero-order valence-electron chi connectivity index (χ0n) is 9.57. The van der Waals surface area contributed by atoms with Gasteiger partial charge in [-0.15, -0.1) is 0 Å². The van der Waals surface area contributed by atoms with Crippen molar-refractivity contribution in [2.24, 2.45) is 0 Å².